The summed E-state index contributed by atoms with van der Waals surface area (Å²) in [7, 11) is 0. The molecule has 1 aromatic rings. The summed E-state index contributed by atoms with van der Waals surface area (Å²) in [5, 5.41) is 3.13. The molecule has 1 unspecified atom stereocenters. The van der Waals surface area contributed by atoms with Gasteiger partial charge in [-0.2, -0.15) is 0 Å². The third-order valence-corrected chi connectivity index (χ3v) is 6.67. The van der Waals surface area contributed by atoms with E-state index in [9.17, 15) is 13.6 Å². The van der Waals surface area contributed by atoms with E-state index in [0.29, 0.717) is 24.6 Å². The van der Waals surface area contributed by atoms with Crippen molar-refractivity contribution in [3.63, 3.8) is 0 Å². The molecule has 0 radical (unpaired) electrons. The normalized spacial score (nSPS) is 24.8. The number of rotatable bonds is 4. The van der Waals surface area contributed by atoms with E-state index in [-0.39, 0.29) is 17.3 Å². The van der Waals surface area contributed by atoms with Crippen LogP contribution in [0.1, 0.15) is 31.2 Å². The number of carbonyl (C=O) groups excluding carboxylic acids is 1. The van der Waals surface area contributed by atoms with Crippen LogP contribution in [-0.2, 0) is 11.3 Å². The number of nitrogens with zero attached hydrogens (tertiary/aromatic N) is 2. The number of hydrogen-bond acceptors (Lipinski definition) is 3. The number of amides is 2. The first-order chi connectivity index (χ1) is 13.6. The zero-order chi connectivity index (χ0) is 19.6. The highest BCUT2D eigenvalue weighted by Gasteiger charge is 2.47. The molecule has 2 amide bonds. The van der Waals surface area contributed by atoms with Crippen molar-refractivity contribution in [3.05, 3.63) is 35.4 Å². The molecule has 3 heterocycles. The molecular formula is C21H29F2N3O2. The molecule has 28 heavy (non-hydrogen) atoms. The van der Waals surface area contributed by atoms with Gasteiger partial charge in [0.15, 0.2) is 0 Å². The van der Waals surface area contributed by atoms with Crippen molar-refractivity contribution in [2.75, 3.05) is 45.9 Å². The maximum absolute atomic E-state index is 14.1. The van der Waals surface area contributed by atoms with Crippen LogP contribution >= 0.6 is 0 Å². The van der Waals surface area contributed by atoms with E-state index >= 15 is 0 Å². The van der Waals surface area contributed by atoms with Crippen LogP contribution in [-0.4, -0.2) is 61.8 Å². The van der Waals surface area contributed by atoms with Gasteiger partial charge in [-0.15, -0.1) is 0 Å². The predicted molar refractivity (Wildman–Crippen MR) is 102 cm³/mol. The van der Waals surface area contributed by atoms with Gasteiger partial charge >= 0.3 is 6.03 Å². The smallest absolute Gasteiger partial charge is 0.317 e. The summed E-state index contributed by atoms with van der Waals surface area (Å²) in [6, 6.07) is 3.65. The number of urea groups is 1. The van der Waals surface area contributed by atoms with Crippen LogP contribution in [0.5, 0.6) is 0 Å². The molecule has 3 aliphatic rings. The van der Waals surface area contributed by atoms with Crippen molar-refractivity contribution in [2.45, 2.75) is 32.2 Å². The van der Waals surface area contributed by atoms with Crippen molar-refractivity contribution in [2.24, 2.45) is 11.3 Å². The third-order valence-electron chi connectivity index (χ3n) is 6.67. The molecular weight excluding hydrogens is 364 g/mol. The lowest BCUT2D eigenvalue weighted by Crippen LogP contribution is -2.45. The van der Waals surface area contributed by atoms with E-state index in [4.69, 9.17) is 4.74 Å². The van der Waals surface area contributed by atoms with Crippen LogP contribution in [0, 0.1) is 23.0 Å². The van der Waals surface area contributed by atoms with Gasteiger partial charge in [0.2, 0.25) is 0 Å². The lowest BCUT2D eigenvalue weighted by atomic mass is 9.72. The van der Waals surface area contributed by atoms with Gasteiger partial charge in [0, 0.05) is 58.0 Å². The van der Waals surface area contributed by atoms with Crippen molar-refractivity contribution < 1.29 is 18.3 Å². The largest absolute Gasteiger partial charge is 0.381 e. The van der Waals surface area contributed by atoms with E-state index in [0.717, 1.165) is 71.1 Å². The number of ether oxygens (including phenoxy) is 1. The molecule has 0 aliphatic carbocycles. The Hall–Kier alpha value is -1.73. The molecule has 0 bridgehead atoms. The van der Waals surface area contributed by atoms with E-state index < -0.39 is 5.82 Å². The first kappa shape index (κ1) is 19.6. The fraction of sp³-hybridized carbons (Fsp3) is 0.667. The summed E-state index contributed by atoms with van der Waals surface area (Å²) < 4.78 is 33.2. The Kier molecular flexibility index (Phi) is 5.83. The molecule has 3 aliphatic heterocycles. The minimum atomic E-state index is -0.411. The van der Waals surface area contributed by atoms with Gasteiger partial charge < -0.3 is 15.0 Å². The molecule has 1 atom stereocenters. The van der Waals surface area contributed by atoms with Gasteiger partial charge in [0.05, 0.1) is 0 Å². The second-order valence-electron chi connectivity index (χ2n) is 8.46. The molecule has 0 aromatic heterocycles. The van der Waals surface area contributed by atoms with E-state index in [1.807, 2.05) is 4.90 Å². The SMILES string of the molecule is O=C(NCC1CN(Cc2cc(F)ccc2F)CC12CCOCC2)N1CCCC1. The molecule has 7 heteroatoms. The molecule has 1 spiro atoms. The van der Waals surface area contributed by atoms with E-state index in [1.165, 1.54) is 12.1 Å². The number of benzene rings is 1. The number of hydrogen-bond donors (Lipinski definition) is 1. The summed E-state index contributed by atoms with van der Waals surface area (Å²) in [5.41, 5.74) is 0.462. The fourth-order valence-corrected chi connectivity index (χ4v) is 5.04. The van der Waals surface area contributed by atoms with Crippen molar-refractivity contribution >= 4 is 6.03 Å². The molecule has 3 saturated heterocycles. The van der Waals surface area contributed by atoms with Crippen LogP contribution in [0.25, 0.3) is 0 Å². The van der Waals surface area contributed by atoms with Gasteiger partial charge in [-0.25, -0.2) is 13.6 Å². The Morgan fingerprint density at radius 2 is 1.96 bits per heavy atom. The Balaban J connectivity index is 1.43. The van der Waals surface area contributed by atoms with Gasteiger partial charge in [-0.3, -0.25) is 4.90 Å². The summed E-state index contributed by atoms with van der Waals surface area (Å²) in [4.78, 5) is 16.5. The Morgan fingerprint density at radius 3 is 2.71 bits per heavy atom. The maximum Gasteiger partial charge on any atom is 0.317 e. The quantitative estimate of drug-likeness (QED) is 0.855. The zero-order valence-electron chi connectivity index (χ0n) is 16.3. The number of halogens is 2. The Morgan fingerprint density at radius 1 is 1.21 bits per heavy atom. The van der Waals surface area contributed by atoms with Gasteiger partial charge in [0.25, 0.3) is 0 Å². The van der Waals surface area contributed by atoms with Crippen LogP contribution < -0.4 is 5.32 Å². The molecule has 5 nitrogen and oxygen atoms in total. The minimum absolute atomic E-state index is 0.0225. The van der Waals surface area contributed by atoms with Crippen molar-refractivity contribution in [1.82, 2.24) is 15.1 Å². The summed E-state index contributed by atoms with van der Waals surface area (Å²) in [6.45, 7) is 5.73. The van der Waals surface area contributed by atoms with Gasteiger partial charge in [0.1, 0.15) is 11.6 Å². The second-order valence-corrected chi connectivity index (χ2v) is 8.46. The van der Waals surface area contributed by atoms with Crippen molar-refractivity contribution in [3.8, 4) is 0 Å². The fourth-order valence-electron chi connectivity index (χ4n) is 5.04. The molecule has 1 aromatic carbocycles. The van der Waals surface area contributed by atoms with Crippen LogP contribution in [0.2, 0.25) is 0 Å². The Bertz CT molecular complexity index is 703. The minimum Gasteiger partial charge on any atom is -0.381 e. The van der Waals surface area contributed by atoms with Crippen LogP contribution in [0.15, 0.2) is 18.2 Å². The van der Waals surface area contributed by atoms with E-state index in [2.05, 4.69) is 10.2 Å². The molecule has 4 rings (SSSR count). The summed E-state index contributed by atoms with van der Waals surface area (Å²) in [5.74, 6) is -0.487. The highest BCUT2D eigenvalue weighted by atomic mass is 19.1. The molecule has 3 fully saturated rings. The van der Waals surface area contributed by atoms with Crippen molar-refractivity contribution in [1.29, 1.82) is 0 Å². The van der Waals surface area contributed by atoms with Gasteiger partial charge in [-0.1, -0.05) is 0 Å². The second kappa shape index (κ2) is 8.33. The molecule has 1 N–H and O–H groups in total. The average Bonchev–Trinajstić information content (AvgIpc) is 3.33. The predicted octanol–water partition coefficient (Wildman–Crippen LogP) is 3.00. The van der Waals surface area contributed by atoms with E-state index in [1.54, 1.807) is 0 Å². The standard InChI is InChI=1S/C21H29F2N3O2/c22-18-3-4-19(23)16(11-18)13-25-14-17(21(15-25)5-9-28-10-6-21)12-24-20(27)26-7-1-2-8-26/h3-4,11,17H,1-2,5-10,12-15H2,(H,24,27). The number of nitrogens with one attached hydrogen (secondary N) is 1. The molecule has 0 saturated carbocycles. The zero-order valence-corrected chi connectivity index (χ0v) is 16.3. The first-order valence-electron chi connectivity index (χ1n) is 10.3. The molecule has 154 valence electrons. The number of carbonyl (C=O) groups is 1. The van der Waals surface area contributed by atoms with Crippen LogP contribution in [0.4, 0.5) is 13.6 Å². The summed E-state index contributed by atoms with van der Waals surface area (Å²) >= 11 is 0. The Labute approximate surface area is 165 Å². The number of likely N-dealkylation sites (tertiary alicyclic amines) is 2. The monoisotopic (exact) mass is 393 g/mol. The lowest BCUT2D eigenvalue weighted by Gasteiger charge is -2.38. The summed E-state index contributed by atoms with van der Waals surface area (Å²) in [6.07, 6.45) is 4.04. The maximum atomic E-state index is 14.1. The van der Waals surface area contributed by atoms with Gasteiger partial charge in [-0.05, 0) is 55.2 Å². The topological polar surface area (TPSA) is 44.8 Å². The first-order valence-corrected chi connectivity index (χ1v) is 10.3. The highest BCUT2D eigenvalue weighted by Crippen LogP contribution is 2.44. The highest BCUT2D eigenvalue weighted by molar-refractivity contribution is 5.74. The third kappa shape index (κ3) is 4.15. The lowest BCUT2D eigenvalue weighted by molar-refractivity contribution is -0.000106. The average molecular weight is 393 g/mol. The van der Waals surface area contributed by atoms with Crippen LogP contribution in [0.3, 0.4) is 0 Å².